The van der Waals surface area contributed by atoms with Crippen molar-refractivity contribution in [2.45, 2.75) is 19.5 Å². The van der Waals surface area contributed by atoms with Gasteiger partial charge in [0.15, 0.2) is 0 Å². The van der Waals surface area contributed by atoms with E-state index in [1.807, 2.05) is 48.3 Å². The molecule has 1 aromatic carbocycles. The SMILES string of the molecule is CC(NCc1ccccc1Cl)c1nccn1C. The standard InChI is InChI=1S/C13H16ClN3/c1-10(13-15-7-8-17(13)2)16-9-11-5-3-4-6-12(11)14/h3-8,10,16H,9H2,1-2H3. The third-order valence-corrected chi connectivity index (χ3v) is 3.17. The molecule has 0 saturated carbocycles. The fraction of sp³-hybridized carbons (Fsp3) is 0.308. The minimum absolute atomic E-state index is 0.200. The molecular formula is C13H16ClN3. The van der Waals surface area contributed by atoms with Crippen molar-refractivity contribution < 1.29 is 0 Å². The summed E-state index contributed by atoms with van der Waals surface area (Å²) in [7, 11) is 2.00. The number of halogens is 1. The average Bonchev–Trinajstić information content (AvgIpc) is 2.74. The second kappa shape index (κ2) is 5.34. The molecule has 1 aromatic heterocycles. The van der Waals surface area contributed by atoms with Crippen LogP contribution in [0, 0.1) is 0 Å². The molecule has 0 amide bonds. The van der Waals surface area contributed by atoms with Crippen molar-refractivity contribution in [2.75, 3.05) is 0 Å². The molecule has 90 valence electrons. The van der Waals surface area contributed by atoms with Gasteiger partial charge in [0.05, 0.1) is 6.04 Å². The Bertz CT molecular complexity index is 493. The van der Waals surface area contributed by atoms with E-state index in [-0.39, 0.29) is 6.04 Å². The van der Waals surface area contributed by atoms with Crippen LogP contribution in [0.4, 0.5) is 0 Å². The number of imidazole rings is 1. The predicted octanol–water partition coefficient (Wildman–Crippen LogP) is 2.92. The Kier molecular flexibility index (Phi) is 3.82. The molecular weight excluding hydrogens is 234 g/mol. The van der Waals surface area contributed by atoms with Crippen molar-refractivity contribution in [2.24, 2.45) is 7.05 Å². The molecule has 0 aliphatic carbocycles. The maximum absolute atomic E-state index is 6.10. The van der Waals surface area contributed by atoms with Crippen molar-refractivity contribution in [1.82, 2.24) is 14.9 Å². The fourth-order valence-electron chi connectivity index (χ4n) is 1.79. The maximum Gasteiger partial charge on any atom is 0.125 e. The summed E-state index contributed by atoms with van der Waals surface area (Å²) in [6, 6.07) is 8.07. The van der Waals surface area contributed by atoms with Crippen LogP contribution in [0.1, 0.15) is 24.4 Å². The highest BCUT2D eigenvalue weighted by Gasteiger charge is 2.09. The van der Waals surface area contributed by atoms with Crippen molar-refractivity contribution in [3.63, 3.8) is 0 Å². The van der Waals surface area contributed by atoms with E-state index < -0.39 is 0 Å². The van der Waals surface area contributed by atoms with Crippen LogP contribution in [0.15, 0.2) is 36.7 Å². The zero-order chi connectivity index (χ0) is 12.3. The van der Waals surface area contributed by atoms with Crippen molar-refractivity contribution >= 4 is 11.6 Å². The lowest BCUT2D eigenvalue weighted by atomic mass is 10.2. The van der Waals surface area contributed by atoms with Crippen molar-refractivity contribution in [3.05, 3.63) is 53.1 Å². The van der Waals surface area contributed by atoms with Gasteiger partial charge in [-0.2, -0.15) is 0 Å². The summed E-state index contributed by atoms with van der Waals surface area (Å²) in [6.45, 7) is 2.84. The van der Waals surface area contributed by atoms with Gasteiger partial charge in [0.2, 0.25) is 0 Å². The topological polar surface area (TPSA) is 29.9 Å². The monoisotopic (exact) mass is 249 g/mol. The first-order valence-corrected chi connectivity index (χ1v) is 6.00. The van der Waals surface area contributed by atoms with Gasteiger partial charge >= 0.3 is 0 Å². The largest absolute Gasteiger partial charge is 0.337 e. The molecule has 2 aromatic rings. The van der Waals surface area contributed by atoms with Crippen molar-refractivity contribution in [1.29, 1.82) is 0 Å². The first-order chi connectivity index (χ1) is 8.18. The molecule has 4 heteroatoms. The number of aryl methyl sites for hydroxylation is 1. The molecule has 3 nitrogen and oxygen atoms in total. The molecule has 2 rings (SSSR count). The third-order valence-electron chi connectivity index (χ3n) is 2.80. The zero-order valence-corrected chi connectivity index (χ0v) is 10.8. The second-order valence-electron chi connectivity index (χ2n) is 4.09. The Labute approximate surface area is 106 Å². The Morgan fingerprint density at radius 1 is 1.41 bits per heavy atom. The minimum Gasteiger partial charge on any atom is -0.337 e. The highest BCUT2D eigenvalue weighted by Crippen LogP contribution is 2.16. The van der Waals surface area contributed by atoms with Gasteiger partial charge < -0.3 is 9.88 Å². The van der Waals surface area contributed by atoms with Gasteiger partial charge in [0.25, 0.3) is 0 Å². The quantitative estimate of drug-likeness (QED) is 0.903. The summed E-state index contributed by atoms with van der Waals surface area (Å²) in [5.74, 6) is 1.03. The molecule has 0 aliphatic heterocycles. The van der Waals surface area contributed by atoms with Crippen LogP contribution >= 0.6 is 11.6 Å². The number of benzene rings is 1. The molecule has 1 atom stereocenters. The first-order valence-electron chi connectivity index (χ1n) is 5.62. The first kappa shape index (κ1) is 12.1. The number of nitrogens with one attached hydrogen (secondary N) is 1. The zero-order valence-electron chi connectivity index (χ0n) is 10.0. The van der Waals surface area contributed by atoms with E-state index in [1.165, 1.54) is 0 Å². The molecule has 1 heterocycles. The summed E-state index contributed by atoms with van der Waals surface area (Å²) < 4.78 is 2.02. The second-order valence-corrected chi connectivity index (χ2v) is 4.50. The lowest BCUT2D eigenvalue weighted by molar-refractivity contribution is 0.530. The van der Waals surface area contributed by atoms with Crippen LogP contribution in [-0.4, -0.2) is 9.55 Å². The van der Waals surface area contributed by atoms with E-state index in [2.05, 4.69) is 17.2 Å². The number of aromatic nitrogens is 2. The molecule has 0 fully saturated rings. The highest BCUT2D eigenvalue weighted by atomic mass is 35.5. The lowest BCUT2D eigenvalue weighted by Gasteiger charge is -2.14. The Morgan fingerprint density at radius 3 is 2.82 bits per heavy atom. The Hall–Kier alpha value is -1.32. The van der Waals surface area contributed by atoms with Gasteiger partial charge in [-0.05, 0) is 18.6 Å². The van der Waals surface area contributed by atoms with Crippen LogP contribution in [0.5, 0.6) is 0 Å². The summed E-state index contributed by atoms with van der Waals surface area (Å²) in [4.78, 5) is 4.32. The van der Waals surface area contributed by atoms with E-state index >= 15 is 0 Å². The van der Waals surface area contributed by atoms with Gasteiger partial charge in [-0.25, -0.2) is 4.98 Å². The minimum atomic E-state index is 0.200. The average molecular weight is 250 g/mol. The normalized spacial score (nSPS) is 12.6. The highest BCUT2D eigenvalue weighted by molar-refractivity contribution is 6.31. The Balaban J connectivity index is 2.00. The van der Waals surface area contributed by atoms with E-state index in [1.54, 1.807) is 0 Å². The van der Waals surface area contributed by atoms with Crippen molar-refractivity contribution in [3.8, 4) is 0 Å². The van der Waals surface area contributed by atoms with Crippen LogP contribution in [0.2, 0.25) is 5.02 Å². The number of hydrogen-bond donors (Lipinski definition) is 1. The van der Waals surface area contributed by atoms with E-state index in [9.17, 15) is 0 Å². The van der Waals surface area contributed by atoms with Gasteiger partial charge in [0.1, 0.15) is 5.82 Å². The van der Waals surface area contributed by atoms with E-state index in [4.69, 9.17) is 11.6 Å². The summed E-state index contributed by atoms with van der Waals surface area (Å²) in [5, 5.41) is 4.21. The molecule has 1 N–H and O–H groups in total. The van der Waals surface area contributed by atoms with Gasteiger partial charge in [0, 0.05) is 31.0 Å². The maximum atomic E-state index is 6.10. The van der Waals surface area contributed by atoms with Crippen LogP contribution < -0.4 is 5.32 Å². The van der Waals surface area contributed by atoms with Gasteiger partial charge in [-0.3, -0.25) is 0 Å². The van der Waals surface area contributed by atoms with Crippen LogP contribution in [0.25, 0.3) is 0 Å². The number of rotatable bonds is 4. The third kappa shape index (κ3) is 2.87. The molecule has 1 unspecified atom stereocenters. The summed E-state index contributed by atoms with van der Waals surface area (Å²) in [6.07, 6.45) is 3.76. The smallest absolute Gasteiger partial charge is 0.125 e. The predicted molar refractivity (Wildman–Crippen MR) is 69.9 cm³/mol. The molecule has 0 saturated heterocycles. The number of hydrogen-bond acceptors (Lipinski definition) is 2. The molecule has 0 radical (unpaired) electrons. The van der Waals surface area contributed by atoms with E-state index in [0.717, 1.165) is 23.0 Å². The van der Waals surface area contributed by atoms with Crippen LogP contribution in [0.3, 0.4) is 0 Å². The van der Waals surface area contributed by atoms with Gasteiger partial charge in [-0.1, -0.05) is 29.8 Å². The van der Waals surface area contributed by atoms with Crippen LogP contribution in [-0.2, 0) is 13.6 Å². The number of nitrogens with zero attached hydrogens (tertiary/aromatic N) is 2. The molecule has 0 spiro atoms. The fourth-order valence-corrected chi connectivity index (χ4v) is 1.99. The summed E-state index contributed by atoms with van der Waals surface area (Å²) >= 11 is 6.10. The summed E-state index contributed by atoms with van der Waals surface area (Å²) in [5.41, 5.74) is 1.11. The Morgan fingerprint density at radius 2 is 2.18 bits per heavy atom. The van der Waals surface area contributed by atoms with E-state index in [0.29, 0.717) is 0 Å². The van der Waals surface area contributed by atoms with Gasteiger partial charge in [-0.15, -0.1) is 0 Å². The lowest BCUT2D eigenvalue weighted by Crippen LogP contribution is -2.21. The molecule has 17 heavy (non-hydrogen) atoms. The molecule has 0 bridgehead atoms. The molecule has 0 aliphatic rings.